The largest absolute Gasteiger partial charge is 0.488 e. The van der Waals surface area contributed by atoms with Crippen LogP contribution in [0.3, 0.4) is 0 Å². The van der Waals surface area contributed by atoms with Crippen molar-refractivity contribution >= 4 is 22.7 Å². The van der Waals surface area contributed by atoms with E-state index in [0.29, 0.717) is 23.4 Å². The molecule has 2 aromatic heterocycles. The summed E-state index contributed by atoms with van der Waals surface area (Å²) in [5, 5.41) is 3.44. The van der Waals surface area contributed by atoms with E-state index < -0.39 is 0 Å². The predicted octanol–water partition coefficient (Wildman–Crippen LogP) is 3.37. The van der Waals surface area contributed by atoms with Gasteiger partial charge in [-0.1, -0.05) is 6.92 Å². The lowest BCUT2D eigenvalue weighted by Gasteiger charge is -2.29. The number of nitrogens with two attached hydrogens (primary N) is 1. The van der Waals surface area contributed by atoms with Crippen molar-refractivity contribution in [1.82, 2.24) is 19.9 Å². The summed E-state index contributed by atoms with van der Waals surface area (Å²) in [6, 6.07) is 4.03. The molecule has 0 bridgehead atoms. The minimum Gasteiger partial charge on any atom is -0.488 e. The third-order valence-electron chi connectivity index (χ3n) is 4.98. The van der Waals surface area contributed by atoms with Crippen LogP contribution in [-0.2, 0) is 6.42 Å². The molecule has 0 radical (unpaired) electrons. The van der Waals surface area contributed by atoms with Crippen molar-refractivity contribution in [3.63, 3.8) is 0 Å². The van der Waals surface area contributed by atoms with Crippen molar-refractivity contribution in [1.29, 1.82) is 0 Å². The maximum atomic E-state index is 6.24. The number of rotatable bonds is 5. The smallest absolute Gasteiger partial charge is 0.222 e. The van der Waals surface area contributed by atoms with Gasteiger partial charge in [0.2, 0.25) is 5.95 Å². The first-order chi connectivity index (χ1) is 13.2. The van der Waals surface area contributed by atoms with E-state index in [9.17, 15) is 0 Å². The summed E-state index contributed by atoms with van der Waals surface area (Å²) in [7, 11) is 0. The van der Waals surface area contributed by atoms with Crippen LogP contribution >= 0.6 is 0 Å². The third-order valence-corrected chi connectivity index (χ3v) is 4.98. The Kier molecular flexibility index (Phi) is 5.00. The summed E-state index contributed by atoms with van der Waals surface area (Å²) >= 11 is 0. The molecule has 1 aliphatic rings. The number of nitrogens with one attached hydrogen (secondary N) is 1. The summed E-state index contributed by atoms with van der Waals surface area (Å²) in [4.78, 5) is 17.5. The Morgan fingerprint density at radius 1 is 1.04 bits per heavy atom. The van der Waals surface area contributed by atoms with Gasteiger partial charge in [-0.2, -0.15) is 0 Å². The Hall–Kier alpha value is -2.96. The number of hydrogen-bond acceptors (Lipinski definition) is 7. The molecule has 0 amide bonds. The molecule has 0 atom stereocenters. The van der Waals surface area contributed by atoms with Crippen LogP contribution in [0.5, 0.6) is 5.75 Å². The van der Waals surface area contributed by atoms with Crippen molar-refractivity contribution in [3.8, 4) is 5.75 Å². The lowest BCUT2D eigenvalue weighted by Crippen LogP contribution is -2.31. The Morgan fingerprint density at radius 2 is 1.78 bits per heavy atom. The number of nitrogens with zero attached hydrogens (tertiary/aromatic N) is 4. The van der Waals surface area contributed by atoms with E-state index in [4.69, 9.17) is 10.5 Å². The number of anilines is 2. The molecule has 1 aromatic carbocycles. The quantitative estimate of drug-likeness (QED) is 0.670. The normalized spacial score (nSPS) is 19.7. The highest BCUT2D eigenvalue weighted by atomic mass is 16.5. The number of benzene rings is 1. The molecule has 140 valence electrons. The van der Waals surface area contributed by atoms with Gasteiger partial charge in [-0.25, -0.2) is 15.0 Å². The summed E-state index contributed by atoms with van der Waals surface area (Å²) in [5.74, 6) is 1.42. The summed E-state index contributed by atoms with van der Waals surface area (Å²) in [5.41, 5.74) is 9.30. The zero-order chi connectivity index (χ0) is 18.6. The van der Waals surface area contributed by atoms with Crippen LogP contribution in [0.2, 0.25) is 0 Å². The Bertz CT molecular complexity index is 906. The lowest BCUT2D eigenvalue weighted by atomic mass is 9.93. The van der Waals surface area contributed by atoms with Crippen molar-refractivity contribution in [3.05, 3.63) is 42.5 Å². The van der Waals surface area contributed by atoms with E-state index in [-0.39, 0.29) is 6.10 Å². The topological polar surface area (TPSA) is 98.8 Å². The molecule has 1 saturated carbocycles. The second-order valence-corrected chi connectivity index (χ2v) is 6.95. The predicted molar refractivity (Wildman–Crippen MR) is 106 cm³/mol. The van der Waals surface area contributed by atoms with E-state index >= 15 is 0 Å². The minimum absolute atomic E-state index is 0.151. The van der Waals surface area contributed by atoms with Gasteiger partial charge in [-0.15, -0.1) is 0 Å². The van der Waals surface area contributed by atoms with Crippen molar-refractivity contribution in [2.45, 2.75) is 51.2 Å². The van der Waals surface area contributed by atoms with Crippen LogP contribution in [0.4, 0.5) is 11.6 Å². The molecule has 7 heteroatoms. The first-order valence-corrected chi connectivity index (χ1v) is 9.45. The van der Waals surface area contributed by atoms with Gasteiger partial charge in [0.25, 0.3) is 0 Å². The molecule has 0 unspecified atom stereocenters. The summed E-state index contributed by atoms with van der Waals surface area (Å²) in [6.45, 7) is 2.10. The first kappa shape index (κ1) is 17.5. The number of nitrogen functional groups attached to an aromatic ring is 1. The van der Waals surface area contributed by atoms with Gasteiger partial charge in [0.05, 0.1) is 11.6 Å². The summed E-state index contributed by atoms with van der Waals surface area (Å²) in [6.07, 6.45) is 12.2. The van der Waals surface area contributed by atoms with E-state index in [0.717, 1.165) is 48.7 Å². The lowest BCUT2D eigenvalue weighted by molar-refractivity contribution is 0.152. The molecule has 0 saturated heterocycles. The Morgan fingerprint density at radius 3 is 2.52 bits per heavy atom. The van der Waals surface area contributed by atoms with Gasteiger partial charge >= 0.3 is 0 Å². The van der Waals surface area contributed by atoms with Crippen LogP contribution in [0.1, 0.15) is 38.2 Å². The van der Waals surface area contributed by atoms with E-state index in [1.807, 2.05) is 24.5 Å². The Labute approximate surface area is 158 Å². The molecule has 27 heavy (non-hydrogen) atoms. The molecule has 2 heterocycles. The number of aromatic nitrogens is 4. The van der Waals surface area contributed by atoms with E-state index in [1.54, 1.807) is 12.4 Å². The maximum Gasteiger partial charge on any atom is 0.222 e. The molecular formula is C20H24N6O. The zero-order valence-corrected chi connectivity index (χ0v) is 15.4. The highest BCUT2D eigenvalue weighted by Gasteiger charge is 2.23. The van der Waals surface area contributed by atoms with Crippen LogP contribution < -0.4 is 15.8 Å². The van der Waals surface area contributed by atoms with Gasteiger partial charge < -0.3 is 15.8 Å². The van der Waals surface area contributed by atoms with Gasteiger partial charge in [0.1, 0.15) is 11.3 Å². The second-order valence-electron chi connectivity index (χ2n) is 6.95. The SMILES string of the molecule is CCc1cnc(NC2CCC(Oc3cc(N)cc4nccnc34)CC2)nc1. The fraction of sp³-hybridized carbons (Fsp3) is 0.400. The fourth-order valence-corrected chi connectivity index (χ4v) is 3.45. The monoisotopic (exact) mass is 364 g/mol. The number of aryl methyl sites for hydroxylation is 1. The zero-order valence-electron chi connectivity index (χ0n) is 15.4. The van der Waals surface area contributed by atoms with Crippen molar-refractivity contribution in [2.24, 2.45) is 0 Å². The molecule has 0 spiro atoms. The van der Waals surface area contributed by atoms with Crippen LogP contribution in [0.15, 0.2) is 36.9 Å². The molecule has 0 aliphatic heterocycles. The molecule has 3 N–H and O–H groups in total. The number of fused-ring (bicyclic) bond motifs is 1. The molecule has 4 rings (SSSR count). The van der Waals surface area contributed by atoms with Gasteiger partial charge in [-0.05, 0) is 43.7 Å². The van der Waals surface area contributed by atoms with Crippen molar-refractivity contribution in [2.75, 3.05) is 11.1 Å². The van der Waals surface area contributed by atoms with Crippen LogP contribution in [0, 0.1) is 0 Å². The maximum absolute atomic E-state index is 6.24. The van der Waals surface area contributed by atoms with Crippen molar-refractivity contribution < 1.29 is 4.74 Å². The van der Waals surface area contributed by atoms with Gasteiger partial charge in [0, 0.05) is 42.6 Å². The Balaban J connectivity index is 1.37. The highest BCUT2D eigenvalue weighted by Crippen LogP contribution is 2.30. The molecule has 3 aromatic rings. The average molecular weight is 364 g/mol. The number of hydrogen-bond donors (Lipinski definition) is 2. The van der Waals surface area contributed by atoms with E-state index in [2.05, 4.69) is 32.2 Å². The third kappa shape index (κ3) is 4.07. The van der Waals surface area contributed by atoms with Gasteiger partial charge in [-0.3, -0.25) is 4.98 Å². The first-order valence-electron chi connectivity index (χ1n) is 9.45. The standard InChI is InChI=1S/C20H24N6O/c1-2-13-11-24-20(25-12-13)26-15-3-5-16(6-4-15)27-18-10-14(21)9-17-19(18)23-8-7-22-17/h7-12,15-16H,2-6,21H2,1H3,(H,24,25,26). The molecule has 1 aliphatic carbocycles. The second kappa shape index (κ2) is 7.73. The van der Waals surface area contributed by atoms with Crippen LogP contribution in [0.25, 0.3) is 11.0 Å². The van der Waals surface area contributed by atoms with Crippen LogP contribution in [-0.4, -0.2) is 32.1 Å². The number of ether oxygens (including phenoxy) is 1. The fourth-order valence-electron chi connectivity index (χ4n) is 3.45. The molecule has 7 nitrogen and oxygen atoms in total. The summed E-state index contributed by atoms with van der Waals surface area (Å²) < 4.78 is 6.24. The molecular weight excluding hydrogens is 340 g/mol. The minimum atomic E-state index is 0.151. The average Bonchev–Trinajstić information content (AvgIpc) is 2.70. The van der Waals surface area contributed by atoms with Gasteiger partial charge in [0.15, 0.2) is 0 Å². The van der Waals surface area contributed by atoms with E-state index in [1.165, 1.54) is 0 Å². The highest BCUT2D eigenvalue weighted by molar-refractivity contribution is 5.84. The molecule has 1 fully saturated rings.